The van der Waals surface area contributed by atoms with Gasteiger partial charge in [-0.05, 0) is 24.3 Å². The lowest BCUT2D eigenvalue weighted by Gasteiger charge is -2.26. The monoisotopic (exact) mass is 413 g/mol. The van der Waals surface area contributed by atoms with E-state index in [2.05, 4.69) is 26.2 Å². The second-order valence-electron chi connectivity index (χ2n) is 7.12. The summed E-state index contributed by atoms with van der Waals surface area (Å²) in [6.45, 7) is 0. The van der Waals surface area contributed by atoms with Crippen LogP contribution in [0.1, 0.15) is 48.8 Å². The summed E-state index contributed by atoms with van der Waals surface area (Å²) in [5.74, 6) is 0.804. The molecule has 1 aliphatic carbocycles. The van der Waals surface area contributed by atoms with E-state index in [1.807, 2.05) is 6.07 Å². The van der Waals surface area contributed by atoms with Gasteiger partial charge in [0.1, 0.15) is 5.82 Å². The molecule has 1 saturated heterocycles. The lowest BCUT2D eigenvalue weighted by atomic mass is 9.95. The minimum absolute atomic E-state index is 0.0105. The maximum atomic E-state index is 11.8. The molecule has 2 atom stereocenters. The highest BCUT2D eigenvalue weighted by molar-refractivity contribution is 8.01. The Morgan fingerprint density at radius 2 is 2.04 bits per heavy atom. The molecule has 1 saturated carbocycles. The molecule has 2 aromatic rings. The van der Waals surface area contributed by atoms with Gasteiger partial charge in [0.15, 0.2) is 15.0 Å². The SMILES string of the molecule is O=S1(=O)C[C@@H](O)[C@@H](Sc2nnc(Cc3cccs3)n2C2CCCCC2)C1. The lowest BCUT2D eigenvalue weighted by Crippen LogP contribution is -2.22. The Kier molecular flexibility index (Phi) is 5.41. The Hall–Kier alpha value is -0.900. The Morgan fingerprint density at radius 1 is 1.23 bits per heavy atom. The fourth-order valence-electron chi connectivity index (χ4n) is 3.83. The topological polar surface area (TPSA) is 85.1 Å². The van der Waals surface area contributed by atoms with Gasteiger partial charge in [0.2, 0.25) is 0 Å². The Morgan fingerprint density at radius 3 is 2.69 bits per heavy atom. The van der Waals surface area contributed by atoms with Crippen LogP contribution in [0.15, 0.2) is 22.7 Å². The van der Waals surface area contributed by atoms with Crippen LogP contribution in [0.5, 0.6) is 0 Å². The van der Waals surface area contributed by atoms with Crippen molar-refractivity contribution in [1.29, 1.82) is 0 Å². The second kappa shape index (κ2) is 7.61. The number of aliphatic hydroxyl groups is 1. The van der Waals surface area contributed by atoms with Crippen molar-refractivity contribution in [3.63, 3.8) is 0 Å². The molecule has 9 heteroatoms. The van der Waals surface area contributed by atoms with Gasteiger partial charge in [-0.2, -0.15) is 0 Å². The fourth-order valence-corrected chi connectivity index (χ4v) is 8.14. The zero-order valence-corrected chi connectivity index (χ0v) is 16.9. The van der Waals surface area contributed by atoms with E-state index in [0.717, 1.165) is 30.2 Å². The van der Waals surface area contributed by atoms with E-state index in [-0.39, 0.29) is 16.8 Å². The first kappa shape index (κ1) is 18.5. The molecule has 0 amide bonds. The second-order valence-corrected chi connectivity index (χ2v) is 11.5. The third kappa shape index (κ3) is 4.00. The number of hydrogen-bond donors (Lipinski definition) is 1. The molecule has 2 aliphatic rings. The standard InChI is InChI=1S/C17H23N3O3S3/c21-14-10-26(22,23)11-15(14)25-17-19-18-16(9-13-7-4-8-24-13)20(17)12-5-2-1-3-6-12/h4,7-8,12,14-15,21H,1-3,5-6,9-11H2/t14-,15+/m1/s1. The first-order valence-corrected chi connectivity index (χ1v) is 12.6. The molecule has 0 spiro atoms. The molecule has 2 fully saturated rings. The first-order chi connectivity index (χ1) is 12.5. The predicted octanol–water partition coefficient (Wildman–Crippen LogP) is 2.69. The van der Waals surface area contributed by atoms with E-state index >= 15 is 0 Å². The summed E-state index contributed by atoms with van der Waals surface area (Å²) >= 11 is 3.09. The molecule has 6 nitrogen and oxygen atoms in total. The summed E-state index contributed by atoms with van der Waals surface area (Å²) in [7, 11) is -3.16. The van der Waals surface area contributed by atoms with Gasteiger partial charge < -0.3 is 9.67 Å². The van der Waals surface area contributed by atoms with Crippen LogP contribution in [-0.2, 0) is 16.3 Å². The van der Waals surface area contributed by atoms with Gasteiger partial charge in [-0.1, -0.05) is 37.1 Å². The summed E-state index contributed by atoms with van der Waals surface area (Å²) in [5, 5.41) is 21.4. The lowest BCUT2D eigenvalue weighted by molar-refractivity contribution is 0.207. The van der Waals surface area contributed by atoms with Crippen LogP contribution >= 0.6 is 23.1 Å². The van der Waals surface area contributed by atoms with E-state index < -0.39 is 15.9 Å². The molecular formula is C17H23N3O3S3. The third-order valence-electron chi connectivity index (χ3n) is 5.12. The number of rotatable bonds is 5. The third-order valence-corrected chi connectivity index (χ3v) is 9.19. The zero-order valence-electron chi connectivity index (χ0n) is 14.5. The van der Waals surface area contributed by atoms with Gasteiger partial charge in [0.25, 0.3) is 0 Å². The van der Waals surface area contributed by atoms with Crippen molar-refractivity contribution >= 4 is 32.9 Å². The van der Waals surface area contributed by atoms with E-state index in [1.165, 1.54) is 35.9 Å². The molecule has 2 aromatic heterocycles. The predicted molar refractivity (Wildman–Crippen MR) is 104 cm³/mol. The smallest absolute Gasteiger partial charge is 0.191 e. The molecule has 0 unspecified atom stereocenters. The Labute approximate surface area is 162 Å². The largest absolute Gasteiger partial charge is 0.391 e. The van der Waals surface area contributed by atoms with Crippen LogP contribution in [-0.4, -0.2) is 51.1 Å². The molecule has 1 N–H and O–H groups in total. The summed E-state index contributed by atoms with van der Waals surface area (Å²) in [6, 6.07) is 4.51. The number of aliphatic hydroxyl groups excluding tert-OH is 1. The summed E-state index contributed by atoms with van der Waals surface area (Å²) in [4.78, 5) is 1.24. The van der Waals surface area contributed by atoms with Crippen molar-refractivity contribution < 1.29 is 13.5 Å². The van der Waals surface area contributed by atoms with Gasteiger partial charge >= 0.3 is 0 Å². The van der Waals surface area contributed by atoms with Gasteiger partial charge in [-0.3, -0.25) is 0 Å². The highest BCUT2D eigenvalue weighted by atomic mass is 32.2. The molecule has 1 aliphatic heterocycles. The van der Waals surface area contributed by atoms with E-state index in [1.54, 1.807) is 11.3 Å². The van der Waals surface area contributed by atoms with Gasteiger partial charge in [0.05, 0.1) is 22.9 Å². The highest BCUT2D eigenvalue weighted by Gasteiger charge is 2.38. The van der Waals surface area contributed by atoms with E-state index in [0.29, 0.717) is 6.04 Å². The summed E-state index contributed by atoms with van der Waals surface area (Å²) < 4.78 is 25.9. The molecule has 142 valence electrons. The van der Waals surface area contributed by atoms with Gasteiger partial charge in [-0.15, -0.1) is 21.5 Å². The minimum Gasteiger partial charge on any atom is -0.391 e. The number of hydrogen-bond acceptors (Lipinski definition) is 7. The van der Waals surface area contributed by atoms with Crippen LogP contribution in [0.25, 0.3) is 0 Å². The van der Waals surface area contributed by atoms with Crippen LogP contribution in [0, 0.1) is 0 Å². The maximum Gasteiger partial charge on any atom is 0.191 e. The summed E-state index contributed by atoms with van der Waals surface area (Å²) in [5.41, 5.74) is 0. The van der Waals surface area contributed by atoms with Crippen LogP contribution in [0.3, 0.4) is 0 Å². The molecule has 0 aromatic carbocycles. The number of thioether (sulfide) groups is 1. The molecule has 0 bridgehead atoms. The average Bonchev–Trinajstić information content (AvgIpc) is 3.30. The number of thiophene rings is 1. The first-order valence-electron chi connectivity index (χ1n) is 9.03. The zero-order chi connectivity index (χ0) is 18.1. The van der Waals surface area contributed by atoms with Crippen LogP contribution in [0.4, 0.5) is 0 Å². The van der Waals surface area contributed by atoms with Crippen molar-refractivity contribution in [2.24, 2.45) is 0 Å². The van der Waals surface area contributed by atoms with Crippen LogP contribution < -0.4 is 0 Å². The van der Waals surface area contributed by atoms with Crippen molar-refractivity contribution in [3.05, 3.63) is 28.2 Å². The fraction of sp³-hybridized carbons (Fsp3) is 0.647. The van der Waals surface area contributed by atoms with Crippen molar-refractivity contribution in [2.45, 2.75) is 61.1 Å². The molecule has 3 heterocycles. The normalized spacial score (nSPS) is 26.3. The number of nitrogens with zero attached hydrogens (tertiary/aromatic N) is 3. The molecule has 0 radical (unpaired) electrons. The quantitative estimate of drug-likeness (QED) is 0.811. The van der Waals surface area contributed by atoms with Gasteiger partial charge in [0, 0.05) is 17.3 Å². The Bertz CT molecular complexity index is 842. The Balaban J connectivity index is 1.62. The van der Waals surface area contributed by atoms with Crippen molar-refractivity contribution in [3.8, 4) is 0 Å². The van der Waals surface area contributed by atoms with E-state index in [4.69, 9.17) is 0 Å². The highest BCUT2D eigenvalue weighted by Crippen LogP contribution is 2.36. The molecule has 4 rings (SSSR count). The van der Waals surface area contributed by atoms with Crippen LogP contribution in [0.2, 0.25) is 0 Å². The number of aromatic nitrogens is 3. The molecular weight excluding hydrogens is 390 g/mol. The van der Waals surface area contributed by atoms with Crippen molar-refractivity contribution in [2.75, 3.05) is 11.5 Å². The average molecular weight is 414 g/mol. The maximum absolute atomic E-state index is 11.8. The minimum atomic E-state index is -3.16. The summed E-state index contributed by atoms with van der Waals surface area (Å²) in [6.07, 6.45) is 5.79. The number of sulfone groups is 1. The van der Waals surface area contributed by atoms with E-state index in [9.17, 15) is 13.5 Å². The van der Waals surface area contributed by atoms with Gasteiger partial charge in [-0.25, -0.2) is 8.42 Å². The molecule has 26 heavy (non-hydrogen) atoms. The van der Waals surface area contributed by atoms with Crippen molar-refractivity contribution in [1.82, 2.24) is 14.8 Å².